The predicted octanol–water partition coefficient (Wildman–Crippen LogP) is 2.93. The van der Waals surface area contributed by atoms with Gasteiger partial charge in [0.2, 0.25) is 5.95 Å². The van der Waals surface area contributed by atoms with Crippen LogP contribution in [0.15, 0.2) is 22.7 Å². The van der Waals surface area contributed by atoms with E-state index >= 15 is 0 Å². The van der Waals surface area contributed by atoms with Crippen LogP contribution in [0.1, 0.15) is 13.8 Å². The molecule has 0 fully saturated rings. The molecule has 2 rings (SSSR count). The average Bonchev–Trinajstić information content (AvgIpc) is 2.31. The van der Waals surface area contributed by atoms with Crippen molar-refractivity contribution in [1.29, 1.82) is 0 Å². The number of nitrogens with zero attached hydrogens (tertiary/aromatic N) is 3. The zero-order valence-corrected chi connectivity index (χ0v) is 12.4. The Kier molecular flexibility index (Phi) is 4.33. The molecule has 2 N–H and O–H groups in total. The van der Waals surface area contributed by atoms with Crippen molar-refractivity contribution in [2.24, 2.45) is 0 Å². The highest BCUT2D eigenvalue weighted by Crippen LogP contribution is 2.25. The number of nitrogens with two attached hydrogens (primary N) is 1. The normalized spacial score (nSPS) is 10.7. The van der Waals surface area contributed by atoms with Crippen LogP contribution in [0.2, 0.25) is 0 Å². The molecular weight excluding hydrogens is 331 g/mol. The lowest BCUT2D eigenvalue weighted by molar-refractivity contribution is 0.218. The second-order valence-electron chi connectivity index (χ2n) is 4.10. The SMILES string of the molecule is CC(C)Oc1nc(N)nc(Oc2ccc(Br)cc2F)n1. The minimum Gasteiger partial charge on any atom is -0.461 e. The summed E-state index contributed by atoms with van der Waals surface area (Å²) in [4.78, 5) is 11.5. The molecule has 0 saturated carbocycles. The average molecular weight is 343 g/mol. The van der Waals surface area contributed by atoms with Crippen molar-refractivity contribution in [2.75, 3.05) is 5.73 Å². The largest absolute Gasteiger partial charge is 0.461 e. The van der Waals surface area contributed by atoms with Crippen LogP contribution in [-0.2, 0) is 0 Å². The zero-order valence-electron chi connectivity index (χ0n) is 10.8. The van der Waals surface area contributed by atoms with Gasteiger partial charge in [0, 0.05) is 4.47 Å². The van der Waals surface area contributed by atoms with E-state index in [0.717, 1.165) is 0 Å². The summed E-state index contributed by atoms with van der Waals surface area (Å²) in [6, 6.07) is 4.25. The molecule has 0 bridgehead atoms. The Balaban J connectivity index is 2.26. The molecule has 1 heterocycles. The molecule has 0 aliphatic carbocycles. The van der Waals surface area contributed by atoms with E-state index in [9.17, 15) is 4.39 Å². The molecule has 1 aromatic carbocycles. The van der Waals surface area contributed by atoms with E-state index in [4.69, 9.17) is 15.2 Å². The molecule has 106 valence electrons. The molecule has 2 aromatic rings. The number of hydrogen-bond donors (Lipinski definition) is 1. The number of ether oxygens (including phenoxy) is 2. The van der Waals surface area contributed by atoms with Gasteiger partial charge < -0.3 is 15.2 Å². The van der Waals surface area contributed by atoms with Gasteiger partial charge in [-0.25, -0.2) is 4.39 Å². The third kappa shape index (κ3) is 3.77. The maximum atomic E-state index is 13.7. The smallest absolute Gasteiger partial charge is 0.330 e. The molecule has 0 saturated heterocycles. The molecule has 0 amide bonds. The van der Waals surface area contributed by atoms with Gasteiger partial charge in [-0.15, -0.1) is 4.98 Å². The third-order valence-corrected chi connectivity index (χ3v) is 2.54. The van der Waals surface area contributed by atoms with E-state index < -0.39 is 5.82 Å². The molecule has 20 heavy (non-hydrogen) atoms. The fourth-order valence-corrected chi connectivity index (χ4v) is 1.65. The van der Waals surface area contributed by atoms with Crippen molar-refractivity contribution >= 4 is 21.9 Å². The van der Waals surface area contributed by atoms with Crippen LogP contribution < -0.4 is 15.2 Å². The topological polar surface area (TPSA) is 83.2 Å². The highest BCUT2D eigenvalue weighted by molar-refractivity contribution is 9.10. The van der Waals surface area contributed by atoms with Gasteiger partial charge in [-0.1, -0.05) is 15.9 Å². The molecule has 0 aliphatic heterocycles. The lowest BCUT2D eigenvalue weighted by Gasteiger charge is -2.09. The van der Waals surface area contributed by atoms with E-state index in [0.29, 0.717) is 4.47 Å². The minimum absolute atomic E-state index is 0.0192. The first kappa shape index (κ1) is 14.4. The molecule has 0 atom stereocenters. The summed E-state index contributed by atoms with van der Waals surface area (Å²) in [6.45, 7) is 3.63. The molecule has 0 radical (unpaired) electrons. The maximum absolute atomic E-state index is 13.7. The molecule has 1 aromatic heterocycles. The molecule has 0 spiro atoms. The van der Waals surface area contributed by atoms with E-state index in [1.807, 2.05) is 13.8 Å². The first-order valence-electron chi connectivity index (χ1n) is 5.75. The number of halogens is 2. The van der Waals surface area contributed by atoms with Gasteiger partial charge >= 0.3 is 12.0 Å². The molecule has 0 unspecified atom stereocenters. The highest BCUT2D eigenvalue weighted by Gasteiger charge is 2.11. The van der Waals surface area contributed by atoms with Crippen LogP contribution in [-0.4, -0.2) is 21.1 Å². The van der Waals surface area contributed by atoms with E-state index in [-0.39, 0.29) is 29.8 Å². The highest BCUT2D eigenvalue weighted by atomic mass is 79.9. The number of benzene rings is 1. The number of aromatic nitrogens is 3. The Morgan fingerprint density at radius 2 is 1.90 bits per heavy atom. The monoisotopic (exact) mass is 342 g/mol. The summed E-state index contributed by atoms with van der Waals surface area (Å²) < 4.78 is 24.8. The Morgan fingerprint density at radius 3 is 2.55 bits per heavy atom. The van der Waals surface area contributed by atoms with E-state index in [2.05, 4.69) is 30.9 Å². The standard InChI is InChI=1S/C12H12BrFN4O2/c1-6(2)19-11-16-10(15)17-12(18-11)20-9-4-3-7(13)5-8(9)14/h3-6H,1-2H3,(H2,15,16,17,18). The number of hydrogen-bond acceptors (Lipinski definition) is 6. The molecule has 6 nitrogen and oxygen atoms in total. The van der Waals surface area contributed by atoms with Crippen molar-refractivity contribution in [3.63, 3.8) is 0 Å². The van der Waals surface area contributed by atoms with Crippen molar-refractivity contribution in [2.45, 2.75) is 20.0 Å². The lowest BCUT2D eigenvalue weighted by Crippen LogP contribution is -2.11. The van der Waals surface area contributed by atoms with Crippen molar-refractivity contribution in [1.82, 2.24) is 15.0 Å². The predicted molar refractivity (Wildman–Crippen MR) is 74.2 cm³/mol. The van der Waals surface area contributed by atoms with Crippen LogP contribution in [0.5, 0.6) is 17.8 Å². The van der Waals surface area contributed by atoms with Gasteiger partial charge in [0.05, 0.1) is 6.10 Å². The summed E-state index contributed by atoms with van der Waals surface area (Å²) >= 11 is 3.16. The second kappa shape index (κ2) is 6.00. The van der Waals surface area contributed by atoms with Crippen LogP contribution >= 0.6 is 15.9 Å². The van der Waals surface area contributed by atoms with Crippen LogP contribution in [0.25, 0.3) is 0 Å². The van der Waals surface area contributed by atoms with Gasteiger partial charge in [-0.05, 0) is 32.0 Å². The van der Waals surface area contributed by atoms with Gasteiger partial charge in [0.25, 0.3) is 0 Å². The number of nitrogen functional groups attached to an aromatic ring is 1. The number of rotatable bonds is 4. The quantitative estimate of drug-likeness (QED) is 0.919. The van der Waals surface area contributed by atoms with Crippen molar-refractivity contribution < 1.29 is 13.9 Å². The van der Waals surface area contributed by atoms with E-state index in [1.54, 1.807) is 6.07 Å². The van der Waals surface area contributed by atoms with Gasteiger partial charge in [0.15, 0.2) is 11.6 Å². The molecule has 0 aliphatic rings. The van der Waals surface area contributed by atoms with Gasteiger partial charge in [-0.2, -0.15) is 9.97 Å². The lowest BCUT2D eigenvalue weighted by atomic mass is 10.3. The summed E-state index contributed by atoms with van der Waals surface area (Å²) in [5, 5.41) is 0. The van der Waals surface area contributed by atoms with Crippen LogP contribution in [0.4, 0.5) is 10.3 Å². The van der Waals surface area contributed by atoms with Crippen molar-refractivity contribution in [3.05, 3.63) is 28.5 Å². The summed E-state index contributed by atoms with van der Waals surface area (Å²) in [5.74, 6) is -0.637. The Bertz CT molecular complexity index is 624. The minimum atomic E-state index is -0.551. The summed E-state index contributed by atoms with van der Waals surface area (Å²) in [6.07, 6.45) is -0.130. The Labute approximate surface area is 123 Å². The fourth-order valence-electron chi connectivity index (χ4n) is 1.32. The van der Waals surface area contributed by atoms with Crippen LogP contribution in [0.3, 0.4) is 0 Å². The van der Waals surface area contributed by atoms with Gasteiger partial charge in [-0.3, -0.25) is 0 Å². The summed E-state index contributed by atoms with van der Waals surface area (Å²) in [5.41, 5.74) is 5.53. The van der Waals surface area contributed by atoms with Gasteiger partial charge in [0.1, 0.15) is 0 Å². The zero-order chi connectivity index (χ0) is 14.7. The second-order valence-corrected chi connectivity index (χ2v) is 5.02. The molecular formula is C12H12BrFN4O2. The number of anilines is 1. The maximum Gasteiger partial charge on any atom is 0.330 e. The van der Waals surface area contributed by atoms with Crippen LogP contribution in [0, 0.1) is 5.82 Å². The first-order chi connectivity index (χ1) is 9.44. The third-order valence-electron chi connectivity index (χ3n) is 2.05. The first-order valence-corrected chi connectivity index (χ1v) is 6.54. The summed E-state index contributed by atoms with van der Waals surface area (Å²) in [7, 11) is 0. The van der Waals surface area contributed by atoms with Crippen molar-refractivity contribution in [3.8, 4) is 17.8 Å². The molecule has 8 heteroatoms. The van der Waals surface area contributed by atoms with E-state index in [1.165, 1.54) is 12.1 Å². The Hall–Kier alpha value is -1.96. The fraction of sp³-hybridized carbons (Fsp3) is 0.250. The Morgan fingerprint density at radius 1 is 1.20 bits per heavy atom.